The van der Waals surface area contributed by atoms with Gasteiger partial charge in [-0.3, -0.25) is 4.79 Å². The Morgan fingerprint density at radius 2 is 2.07 bits per heavy atom. The minimum atomic E-state index is -0.330. The molecule has 2 nitrogen and oxygen atoms in total. The summed E-state index contributed by atoms with van der Waals surface area (Å²) in [5.41, 5.74) is 1.15. The van der Waals surface area contributed by atoms with E-state index in [1.165, 1.54) is 0 Å². The van der Waals surface area contributed by atoms with Crippen molar-refractivity contribution in [2.24, 2.45) is 0 Å². The van der Waals surface area contributed by atoms with Crippen LogP contribution in [0.4, 0.5) is 0 Å². The highest BCUT2D eigenvalue weighted by atomic mass is 16.5. The number of hydrogen-bond donors (Lipinski definition) is 0. The zero-order chi connectivity index (χ0) is 10.2. The molecule has 0 saturated heterocycles. The Hall–Kier alpha value is -1.75. The maximum absolute atomic E-state index is 10.9. The zero-order valence-corrected chi connectivity index (χ0v) is 7.90. The minimum absolute atomic E-state index is 0.0504. The Morgan fingerprint density at radius 3 is 2.71 bits per heavy atom. The number of terminal acetylenes is 1. The van der Waals surface area contributed by atoms with Crippen molar-refractivity contribution < 1.29 is 9.53 Å². The van der Waals surface area contributed by atoms with Gasteiger partial charge >= 0.3 is 5.97 Å². The average Bonchev–Trinajstić information content (AvgIpc) is 2.20. The Morgan fingerprint density at radius 1 is 1.36 bits per heavy atom. The molecule has 0 atom stereocenters. The van der Waals surface area contributed by atoms with E-state index in [1.807, 2.05) is 30.3 Å². The monoisotopic (exact) mass is 188 g/mol. The van der Waals surface area contributed by atoms with E-state index in [4.69, 9.17) is 11.2 Å². The van der Waals surface area contributed by atoms with Crippen LogP contribution in [0.1, 0.15) is 12.0 Å². The molecule has 72 valence electrons. The molecule has 1 aromatic carbocycles. The van der Waals surface area contributed by atoms with E-state index >= 15 is 0 Å². The van der Waals surface area contributed by atoms with Gasteiger partial charge in [-0.1, -0.05) is 36.3 Å². The smallest absolute Gasteiger partial charge is 0.317 e. The van der Waals surface area contributed by atoms with Crippen LogP contribution >= 0.6 is 0 Å². The van der Waals surface area contributed by atoms with Crippen molar-refractivity contribution in [1.29, 1.82) is 0 Å². The van der Waals surface area contributed by atoms with Gasteiger partial charge in [-0.15, -0.1) is 6.42 Å². The number of carbonyl (C=O) groups is 1. The molecule has 0 amide bonds. The number of benzene rings is 1. The molecule has 0 unspecified atom stereocenters. The van der Waals surface area contributed by atoms with Gasteiger partial charge in [-0.2, -0.15) is 0 Å². The highest BCUT2D eigenvalue weighted by Gasteiger charge is 1.99. The number of ether oxygens (including phenoxy) is 1. The molecule has 0 aliphatic rings. The molecule has 0 fully saturated rings. The van der Waals surface area contributed by atoms with Crippen molar-refractivity contribution in [2.45, 2.75) is 12.8 Å². The lowest BCUT2D eigenvalue weighted by atomic mass is 10.2. The van der Waals surface area contributed by atoms with Crippen LogP contribution < -0.4 is 0 Å². The summed E-state index contributed by atoms with van der Waals surface area (Å²) in [6, 6.07) is 9.86. The van der Waals surface area contributed by atoms with Crippen LogP contribution in [0.5, 0.6) is 0 Å². The van der Waals surface area contributed by atoms with E-state index in [2.05, 4.69) is 5.92 Å². The fourth-order valence-corrected chi connectivity index (χ4v) is 1.06. The van der Waals surface area contributed by atoms with Gasteiger partial charge in [-0.05, 0) is 5.56 Å². The maximum atomic E-state index is 10.9. The van der Waals surface area contributed by atoms with Crippen molar-refractivity contribution in [1.82, 2.24) is 0 Å². The van der Waals surface area contributed by atoms with Gasteiger partial charge in [0.2, 0.25) is 0 Å². The second-order valence-electron chi connectivity index (χ2n) is 2.84. The van der Waals surface area contributed by atoms with E-state index in [1.54, 1.807) is 0 Å². The summed E-state index contributed by atoms with van der Waals surface area (Å²) in [6.07, 6.45) is 5.75. The van der Waals surface area contributed by atoms with Crippen molar-refractivity contribution >= 4 is 5.97 Å². The normalized spacial score (nSPS) is 9.07. The number of esters is 1. The Labute approximate surface area is 83.9 Å². The molecule has 0 radical (unpaired) electrons. The molecular formula is C12H12O2. The van der Waals surface area contributed by atoms with Crippen molar-refractivity contribution in [3.05, 3.63) is 35.9 Å². The Balaban J connectivity index is 2.23. The van der Waals surface area contributed by atoms with Gasteiger partial charge in [-0.25, -0.2) is 0 Å². The lowest BCUT2D eigenvalue weighted by Gasteiger charge is -2.02. The third-order valence-electron chi connectivity index (χ3n) is 1.74. The fraction of sp³-hybridized carbons (Fsp3) is 0.250. The summed E-state index contributed by atoms with van der Waals surface area (Å²) in [7, 11) is 0. The Kier molecular flexibility index (Phi) is 4.30. The summed E-state index contributed by atoms with van der Waals surface area (Å²) < 4.78 is 4.90. The van der Waals surface area contributed by atoms with E-state index in [0.717, 1.165) is 12.0 Å². The predicted octanol–water partition coefficient (Wildman–Crippen LogP) is 1.80. The molecule has 0 saturated carbocycles. The predicted molar refractivity (Wildman–Crippen MR) is 54.6 cm³/mol. The molecule has 1 aromatic rings. The molecule has 0 aromatic heterocycles. The summed E-state index contributed by atoms with van der Waals surface area (Å²) in [5.74, 6) is 1.91. The van der Waals surface area contributed by atoms with Crippen LogP contribution in [0.2, 0.25) is 0 Å². The molecule has 0 aliphatic carbocycles. The van der Waals surface area contributed by atoms with Gasteiger partial charge in [0.25, 0.3) is 0 Å². The van der Waals surface area contributed by atoms with E-state index in [0.29, 0.717) is 6.61 Å². The molecule has 0 aliphatic heterocycles. The first kappa shape index (κ1) is 10.3. The second-order valence-corrected chi connectivity index (χ2v) is 2.84. The maximum Gasteiger partial charge on any atom is 0.317 e. The molecule has 0 N–H and O–H groups in total. The van der Waals surface area contributed by atoms with Gasteiger partial charge in [0.15, 0.2) is 0 Å². The largest absolute Gasteiger partial charge is 0.465 e. The van der Waals surface area contributed by atoms with Crippen LogP contribution in [-0.2, 0) is 16.0 Å². The lowest BCUT2D eigenvalue weighted by Crippen LogP contribution is -2.06. The topological polar surface area (TPSA) is 26.3 Å². The van der Waals surface area contributed by atoms with Gasteiger partial charge in [0.1, 0.15) is 6.42 Å². The molecule has 14 heavy (non-hydrogen) atoms. The summed E-state index contributed by atoms with van der Waals surface area (Å²) >= 11 is 0. The van der Waals surface area contributed by atoms with Crippen molar-refractivity contribution in [3.63, 3.8) is 0 Å². The number of hydrogen-bond acceptors (Lipinski definition) is 2. The van der Waals surface area contributed by atoms with Crippen molar-refractivity contribution in [3.8, 4) is 12.3 Å². The molecule has 0 bridgehead atoms. The van der Waals surface area contributed by atoms with Crippen LogP contribution in [0.25, 0.3) is 0 Å². The Bertz CT molecular complexity index is 322. The number of rotatable bonds is 4. The fourth-order valence-electron chi connectivity index (χ4n) is 1.06. The molecule has 0 spiro atoms. The van der Waals surface area contributed by atoms with Gasteiger partial charge < -0.3 is 4.74 Å². The van der Waals surface area contributed by atoms with Crippen LogP contribution in [0.3, 0.4) is 0 Å². The third kappa shape index (κ3) is 3.77. The molecule has 2 heteroatoms. The van der Waals surface area contributed by atoms with E-state index in [9.17, 15) is 4.79 Å². The highest BCUT2D eigenvalue weighted by Crippen LogP contribution is 1.99. The van der Waals surface area contributed by atoms with Crippen LogP contribution in [0, 0.1) is 12.3 Å². The molecule has 1 rings (SSSR count). The van der Waals surface area contributed by atoms with Gasteiger partial charge in [0.05, 0.1) is 6.61 Å². The third-order valence-corrected chi connectivity index (χ3v) is 1.74. The van der Waals surface area contributed by atoms with Crippen LogP contribution in [0.15, 0.2) is 30.3 Å². The van der Waals surface area contributed by atoms with Gasteiger partial charge in [0, 0.05) is 6.42 Å². The SMILES string of the molecule is C#CCC(=O)OCCc1ccccc1. The number of carbonyl (C=O) groups excluding carboxylic acids is 1. The highest BCUT2D eigenvalue weighted by molar-refractivity contribution is 5.72. The first-order valence-corrected chi connectivity index (χ1v) is 4.46. The van der Waals surface area contributed by atoms with Crippen molar-refractivity contribution in [2.75, 3.05) is 6.61 Å². The summed E-state index contributed by atoms with van der Waals surface area (Å²) in [5, 5.41) is 0. The van der Waals surface area contributed by atoms with Crippen LogP contribution in [-0.4, -0.2) is 12.6 Å². The standard InChI is InChI=1S/C12H12O2/c1-2-6-12(13)14-10-9-11-7-4-3-5-8-11/h1,3-5,7-8H,6,9-10H2. The molecule has 0 heterocycles. The van der Waals surface area contributed by atoms with E-state index in [-0.39, 0.29) is 12.4 Å². The quantitative estimate of drug-likeness (QED) is 0.532. The zero-order valence-electron chi connectivity index (χ0n) is 7.90. The summed E-state index contributed by atoms with van der Waals surface area (Å²) in [6.45, 7) is 0.393. The first-order chi connectivity index (χ1) is 6.83. The minimum Gasteiger partial charge on any atom is -0.465 e. The first-order valence-electron chi connectivity index (χ1n) is 4.46. The van der Waals surface area contributed by atoms with E-state index < -0.39 is 0 Å². The summed E-state index contributed by atoms with van der Waals surface area (Å²) in [4.78, 5) is 10.9. The lowest BCUT2D eigenvalue weighted by molar-refractivity contribution is -0.142. The molecular weight excluding hydrogens is 176 g/mol. The average molecular weight is 188 g/mol. The second kappa shape index (κ2) is 5.82.